The van der Waals surface area contributed by atoms with E-state index in [1.54, 1.807) is 17.2 Å². The van der Waals surface area contributed by atoms with Gasteiger partial charge in [0, 0.05) is 30.0 Å². The van der Waals surface area contributed by atoms with Crippen LogP contribution in [0.2, 0.25) is 0 Å². The highest BCUT2D eigenvalue weighted by atomic mass is 16.2. The van der Waals surface area contributed by atoms with Crippen LogP contribution in [0, 0.1) is 12.8 Å². The van der Waals surface area contributed by atoms with Crippen molar-refractivity contribution in [2.45, 2.75) is 39.7 Å². The van der Waals surface area contributed by atoms with E-state index in [0.717, 1.165) is 24.2 Å². The monoisotopic (exact) mass is 275 g/mol. The van der Waals surface area contributed by atoms with Crippen LogP contribution in [0.5, 0.6) is 0 Å². The van der Waals surface area contributed by atoms with Crippen molar-refractivity contribution in [2.75, 3.05) is 11.9 Å². The molecular weight excluding hydrogens is 254 g/mol. The summed E-state index contributed by atoms with van der Waals surface area (Å²) in [5.41, 5.74) is 1.58. The summed E-state index contributed by atoms with van der Waals surface area (Å²) in [6, 6.07) is 3.23. The largest absolute Gasteiger partial charge is 0.330 e. The molecule has 5 heteroatoms. The first-order chi connectivity index (χ1) is 9.49. The third-order valence-corrected chi connectivity index (χ3v) is 3.50. The molecule has 0 aliphatic carbocycles. The highest BCUT2D eigenvalue weighted by Gasteiger charge is 2.34. The molecule has 2 heterocycles. The predicted octanol–water partition coefficient (Wildman–Crippen LogP) is 1.98. The van der Waals surface area contributed by atoms with Gasteiger partial charge in [0.15, 0.2) is 0 Å². The minimum Gasteiger partial charge on any atom is -0.330 e. The highest BCUT2D eigenvalue weighted by Crippen LogP contribution is 2.21. The number of pyridine rings is 1. The standard InChI is InChI=1S/C15H21N3O2/c1-10(2)15(20)18-8-4-5-13(18)14(19)17-12-6-7-16-11(3)9-12/h6-7,9-10,13H,4-5,8H2,1-3H3,(H,16,17,19)/t13-/m0/s1. The first kappa shape index (κ1) is 14.5. The summed E-state index contributed by atoms with van der Waals surface area (Å²) in [4.78, 5) is 30.2. The van der Waals surface area contributed by atoms with Gasteiger partial charge in [-0.1, -0.05) is 13.8 Å². The molecule has 1 aromatic heterocycles. The van der Waals surface area contributed by atoms with E-state index in [1.165, 1.54) is 0 Å². The normalized spacial score (nSPS) is 18.4. The van der Waals surface area contributed by atoms with Crippen molar-refractivity contribution in [3.63, 3.8) is 0 Å². The first-order valence-corrected chi connectivity index (χ1v) is 7.03. The third kappa shape index (κ3) is 3.15. The lowest BCUT2D eigenvalue weighted by atomic mass is 10.1. The number of nitrogens with one attached hydrogen (secondary N) is 1. The average Bonchev–Trinajstić information content (AvgIpc) is 2.86. The molecule has 1 atom stereocenters. The topological polar surface area (TPSA) is 62.3 Å². The number of hydrogen-bond acceptors (Lipinski definition) is 3. The number of aromatic nitrogens is 1. The minimum absolute atomic E-state index is 0.0496. The molecule has 0 radical (unpaired) electrons. The Labute approximate surface area is 119 Å². The summed E-state index contributed by atoms with van der Waals surface area (Å²) < 4.78 is 0. The lowest BCUT2D eigenvalue weighted by Gasteiger charge is -2.25. The van der Waals surface area contributed by atoms with Crippen LogP contribution in [0.25, 0.3) is 0 Å². The molecule has 1 fully saturated rings. The Balaban J connectivity index is 2.06. The quantitative estimate of drug-likeness (QED) is 0.917. The zero-order chi connectivity index (χ0) is 14.7. The third-order valence-electron chi connectivity index (χ3n) is 3.50. The van der Waals surface area contributed by atoms with Crippen LogP contribution in [-0.4, -0.2) is 34.3 Å². The Morgan fingerprint density at radius 3 is 2.85 bits per heavy atom. The second-order valence-electron chi connectivity index (χ2n) is 5.52. The Morgan fingerprint density at radius 2 is 2.20 bits per heavy atom. The van der Waals surface area contributed by atoms with Crippen LogP contribution in [0.15, 0.2) is 18.3 Å². The van der Waals surface area contributed by atoms with Gasteiger partial charge >= 0.3 is 0 Å². The first-order valence-electron chi connectivity index (χ1n) is 7.03. The van der Waals surface area contributed by atoms with E-state index in [1.807, 2.05) is 26.8 Å². The second-order valence-corrected chi connectivity index (χ2v) is 5.52. The maximum absolute atomic E-state index is 12.3. The number of likely N-dealkylation sites (tertiary alicyclic amines) is 1. The summed E-state index contributed by atoms with van der Waals surface area (Å²) in [5.74, 6) is -0.137. The summed E-state index contributed by atoms with van der Waals surface area (Å²) in [6.45, 7) is 6.27. The van der Waals surface area contributed by atoms with Crippen molar-refractivity contribution < 1.29 is 9.59 Å². The molecule has 0 spiro atoms. The molecule has 1 aliphatic rings. The van der Waals surface area contributed by atoms with E-state index in [9.17, 15) is 9.59 Å². The number of rotatable bonds is 3. The van der Waals surface area contributed by atoms with Crippen LogP contribution in [0.3, 0.4) is 0 Å². The molecule has 1 aliphatic heterocycles. The Kier molecular flexibility index (Phi) is 4.37. The maximum Gasteiger partial charge on any atom is 0.247 e. The number of nitrogens with zero attached hydrogens (tertiary/aromatic N) is 2. The van der Waals surface area contributed by atoms with Crippen LogP contribution < -0.4 is 5.32 Å². The number of amides is 2. The molecule has 1 saturated heterocycles. The number of hydrogen-bond donors (Lipinski definition) is 1. The number of aryl methyl sites for hydroxylation is 1. The van der Waals surface area contributed by atoms with E-state index in [0.29, 0.717) is 6.54 Å². The fourth-order valence-electron chi connectivity index (χ4n) is 2.48. The SMILES string of the molecule is Cc1cc(NC(=O)[C@@H]2CCCN2C(=O)C(C)C)ccn1. The van der Waals surface area contributed by atoms with Gasteiger partial charge in [-0.05, 0) is 31.9 Å². The van der Waals surface area contributed by atoms with Gasteiger partial charge in [0.25, 0.3) is 0 Å². The van der Waals surface area contributed by atoms with Crippen molar-refractivity contribution >= 4 is 17.5 Å². The van der Waals surface area contributed by atoms with Crippen LogP contribution in [-0.2, 0) is 9.59 Å². The van der Waals surface area contributed by atoms with E-state index < -0.39 is 0 Å². The highest BCUT2D eigenvalue weighted by molar-refractivity contribution is 5.97. The summed E-state index contributed by atoms with van der Waals surface area (Å²) >= 11 is 0. The van der Waals surface area contributed by atoms with Crippen molar-refractivity contribution in [2.24, 2.45) is 5.92 Å². The van der Waals surface area contributed by atoms with E-state index in [2.05, 4.69) is 10.3 Å². The van der Waals surface area contributed by atoms with E-state index in [4.69, 9.17) is 0 Å². The molecule has 20 heavy (non-hydrogen) atoms. The Morgan fingerprint density at radius 1 is 1.45 bits per heavy atom. The zero-order valence-corrected chi connectivity index (χ0v) is 12.2. The smallest absolute Gasteiger partial charge is 0.247 e. The van der Waals surface area contributed by atoms with E-state index in [-0.39, 0.29) is 23.8 Å². The van der Waals surface area contributed by atoms with Crippen molar-refractivity contribution in [1.82, 2.24) is 9.88 Å². The Bertz CT molecular complexity index is 514. The molecule has 2 amide bonds. The fraction of sp³-hybridized carbons (Fsp3) is 0.533. The van der Waals surface area contributed by atoms with Crippen molar-refractivity contribution in [3.8, 4) is 0 Å². The lowest BCUT2D eigenvalue weighted by Crippen LogP contribution is -2.44. The summed E-state index contributed by atoms with van der Waals surface area (Å²) in [7, 11) is 0. The van der Waals surface area contributed by atoms with Gasteiger partial charge in [-0.25, -0.2) is 0 Å². The molecule has 0 aromatic carbocycles. The molecule has 1 N–H and O–H groups in total. The predicted molar refractivity (Wildman–Crippen MR) is 77.2 cm³/mol. The van der Waals surface area contributed by atoms with Gasteiger partial charge in [-0.2, -0.15) is 0 Å². The molecule has 0 bridgehead atoms. The zero-order valence-electron chi connectivity index (χ0n) is 12.2. The van der Waals surface area contributed by atoms with Crippen LogP contribution in [0.4, 0.5) is 5.69 Å². The van der Waals surface area contributed by atoms with E-state index >= 15 is 0 Å². The van der Waals surface area contributed by atoms with Gasteiger partial charge in [0.05, 0.1) is 0 Å². The van der Waals surface area contributed by atoms with Gasteiger partial charge in [-0.15, -0.1) is 0 Å². The molecule has 0 saturated carbocycles. The van der Waals surface area contributed by atoms with Crippen LogP contribution in [0.1, 0.15) is 32.4 Å². The van der Waals surface area contributed by atoms with Gasteiger partial charge in [-0.3, -0.25) is 14.6 Å². The molecule has 1 aromatic rings. The number of anilines is 1. The average molecular weight is 275 g/mol. The second kappa shape index (κ2) is 6.03. The molecule has 5 nitrogen and oxygen atoms in total. The van der Waals surface area contributed by atoms with Crippen LogP contribution >= 0.6 is 0 Å². The molecule has 0 unspecified atom stereocenters. The lowest BCUT2D eigenvalue weighted by molar-refractivity contribution is -0.139. The minimum atomic E-state index is -0.349. The summed E-state index contributed by atoms with van der Waals surface area (Å²) in [5, 5.41) is 2.88. The Hall–Kier alpha value is -1.91. The van der Waals surface area contributed by atoms with Gasteiger partial charge in [0.1, 0.15) is 6.04 Å². The number of carbonyl (C=O) groups is 2. The fourth-order valence-corrected chi connectivity index (χ4v) is 2.48. The molecular formula is C15H21N3O2. The molecule has 108 valence electrons. The molecule has 2 rings (SSSR count). The van der Waals surface area contributed by atoms with Gasteiger partial charge < -0.3 is 10.2 Å². The van der Waals surface area contributed by atoms with Crippen molar-refractivity contribution in [3.05, 3.63) is 24.0 Å². The summed E-state index contributed by atoms with van der Waals surface area (Å²) in [6.07, 6.45) is 3.27. The maximum atomic E-state index is 12.3. The van der Waals surface area contributed by atoms with Crippen molar-refractivity contribution in [1.29, 1.82) is 0 Å². The number of carbonyl (C=O) groups excluding carboxylic acids is 2. The van der Waals surface area contributed by atoms with Gasteiger partial charge in [0.2, 0.25) is 11.8 Å².